The highest BCUT2D eigenvalue weighted by molar-refractivity contribution is 5.98. The molecule has 0 atom stereocenters. The highest BCUT2D eigenvalue weighted by Crippen LogP contribution is 2.22. The summed E-state index contributed by atoms with van der Waals surface area (Å²) < 4.78 is 18.5. The molecule has 0 aromatic heterocycles. The number of halogens is 1. The fourth-order valence-electron chi connectivity index (χ4n) is 1.96. The second-order valence-electron chi connectivity index (χ2n) is 4.37. The van der Waals surface area contributed by atoms with E-state index in [1.54, 1.807) is 24.3 Å². The van der Waals surface area contributed by atoms with Gasteiger partial charge >= 0.3 is 0 Å². The Morgan fingerprint density at radius 2 is 2.00 bits per heavy atom. The summed E-state index contributed by atoms with van der Waals surface area (Å²) in [7, 11) is 1.48. The van der Waals surface area contributed by atoms with Gasteiger partial charge in [0.25, 0.3) is 5.69 Å². The Kier molecular flexibility index (Phi) is 4.27. The molecule has 0 saturated heterocycles. The summed E-state index contributed by atoms with van der Waals surface area (Å²) in [6.07, 6.45) is -0.0232. The molecule has 2 rings (SSSR count). The molecule has 0 unspecified atom stereocenters. The number of Topliss-reactive ketones (excluding diaryl/α,β-unsaturated/α-hetero) is 1. The van der Waals surface area contributed by atoms with Crippen LogP contribution >= 0.6 is 0 Å². The van der Waals surface area contributed by atoms with Gasteiger partial charge in [0, 0.05) is 23.6 Å². The molecule has 0 fully saturated rings. The van der Waals surface area contributed by atoms with Crippen LogP contribution in [0.3, 0.4) is 0 Å². The molecule has 2 aromatic carbocycles. The summed E-state index contributed by atoms with van der Waals surface area (Å²) >= 11 is 0. The number of benzene rings is 2. The van der Waals surface area contributed by atoms with Gasteiger partial charge in [0.1, 0.15) is 11.6 Å². The van der Waals surface area contributed by atoms with E-state index < -0.39 is 22.2 Å². The molecule has 0 spiro atoms. The predicted molar refractivity (Wildman–Crippen MR) is 74.1 cm³/mol. The molecule has 0 saturated carbocycles. The Balaban J connectivity index is 2.30. The number of methoxy groups -OCH3 is 1. The van der Waals surface area contributed by atoms with Gasteiger partial charge in [-0.1, -0.05) is 18.2 Å². The van der Waals surface area contributed by atoms with E-state index in [1.165, 1.54) is 7.11 Å². The largest absolute Gasteiger partial charge is 0.496 e. The number of hydrogen-bond donors (Lipinski definition) is 0. The predicted octanol–water partition coefficient (Wildman–Crippen LogP) is 3.17. The fourth-order valence-corrected chi connectivity index (χ4v) is 1.96. The summed E-state index contributed by atoms with van der Waals surface area (Å²) in [6.45, 7) is 0. The van der Waals surface area contributed by atoms with Crippen LogP contribution in [0.1, 0.15) is 15.9 Å². The van der Waals surface area contributed by atoms with Gasteiger partial charge in [0.15, 0.2) is 5.78 Å². The Morgan fingerprint density at radius 3 is 2.67 bits per heavy atom. The lowest BCUT2D eigenvalue weighted by Gasteiger charge is -2.07. The van der Waals surface area contributed by atoms with Crippen molar-refractivity contribution < 1.29 is 18.8 Å². The SMILES string of the molecule is COc1ccccc1CC(=O)c1cc(F)cc([N+](=O)[O-])c1. The minimum atomic E-state index is -0.812. The van der Waals surface area contributed by atoms with Crippen molar-refractivity contribution in [1.82, 2.24) is 0 Å². The number of ether oxygens (including phenoxy) is 1. The van der Waals surface area contributed by atoms with Gasteiger partial charge in [-0.05, 0) is 12.1 Å². The number of ketones is 1. The van der Waals surface area contributed by atoms with Crippen molar-refractivity contribution >= 4 is 11.5 Å². The first-order chi connectivity index (χ1) is 10.0. The molecule has 21 heavy (non-hydrogen) atoms. The minimum Gasteiger partial charge on any atom is -0.496 e. The first kappa shape index (κ1) is 14.6. The van der Waals surface area contributed by atoms with Crippen LogP contribution in [-0.2, 0) is 6.42 Å². The number of nitro benzene ring substituents is 1. The summed E-state index contributed by atoms with van der Waals surface area (Å²) in [5.41, 5.74) is 0.155. The number of nitro groups is 1. The van der Waals surface area contributed by atoms with Crippen LogP contribution < -0.4 is 4.74 Å². The molecule has 0 aliphatic rings. The van der Waals surface area contributed by atoms with E-state index in [9.17, 15) is 19.3 Å². The topological polar surface area (TPSA) is 69.4 Å². The van der Waals surface area contributed by atoms with Crippen molar-refractivity contribution in [1.29, 1.82) is 0 Å². The van der Waals surface area contributed by atoms with Gasteiger partial charge in [-0.3, -0.25) is 14.9 Å². The summed E-state index contributed by atoms with van der Waals surface area (Å²) in [5, 5.41) is 10.7. The molecule has 0 aliphatic carbocycles. The molecular formula is C15H12FNO4. The standard InChI is InChI=1S/C15H12FNO4/c1-21-15-5-3-2-4-10(15)8-14(18)11-6-12(16)9-13(7-11)17(19)20/h2-7,9H,8H2,1H3. The monoisotopic (exact) mass is 289 g/mol. The quantitative estimate of drug-likeness (QED) is 0.481. The molecule has 108 valence electrons. The van der Waals surface area contributed by atoms with Gasteiger partial charge in [-0.2, -0.15) is 0 Å². The molecule has 0 N–H and O–H groups in total. The summed E-state index contributed by atoms with van der Waals surface area (Å²) in [6, 6.07) is 9.77. The van der Waals surface area contributed by atoms with Crippen LogP contribution in [-0.4, -0.2) is 17.8 Å². The van der Waals surface area contributed by atoms with Crippen LogP contribution in [0.25, 0.3) is 0 Å². The first-order valence-electron chi connectivity index (χ1n) is 6.11. The molecule has 0 radical (unpaired) electrons. The smallest absolute Gasteiger partial charge is 0.273 e. The number of non-ortho nitro benzene ring substituents is 1. The van der Waals surface area contributed by atoms with Crippen molar-refractivity contribution in [3.63, 3.8) is 0 Å². The minimum absolute atomic E-state index is 0.0232. The lowest BCUT2D eigenvalue weighted by molar-refractivity contribution is -0.385. The van der Waals surface area contributed by atoms with E-state index in [-0.39, 0.29) is 12.0 Å². The van der Waals surface area contributed by atoms with Gasteiger partial charge in [0.2, 0.25) is 0 Å². The van der Waals surface area contributed by atoms with Crippen LogP contribution in [0, 0.1) is 15.9 Å². The maximum Gasteiger partial charge on any atom is 0.273 e. The summed E-state index contributed by atoms with van der Waals surface area (Å²) in [5.74, 6) is -0.688. The number of carbonyl (C=O) groups is 1. The number of rotatable bonds is 5. The molecular weight excluding hydrogens is 277 g/mol. The van der Waals surface area contributed by atoms with Crippen LogP contribution in [0.15, 0.2) is 42.5 Å². The number of hydrogen-bond acceptors (Lipinski definition) is 4. The maximum atomic E-state index is 13.4. The lowest BCUT2D eigenvalue weighted by Crippen LogP contribution is -2.06. The third-order valence-corrected chi connectivity index (χ3v) is 2.96. The van der Waals surface area contributed by atoms with Gasteiger partial charge in [-0.15, -0.1) is 0 Å². The van der Waals surface area contributed by atoms with E-state index in [0.717, 1.165) is 18.2 Å². The lowest BCUT2D eigenvalue weighted by atomic mass is 10.0. The van der Waals surface area contributed by atoms with Crippen molar-refractivity contribution in [2.75, 3.05) is 7.11 Å². The molecule has 0 bridgehead atoms. The molecule has 5 nitrogen and oxygen atoms in total. The van der Waals surface area contributed by atoms with Crippen molar-refractivity contribution in [3.8, 4) is 5.75 Å². The first-order valence-corrected chi connectivity index (χ1v) is 6.11. The van der Waals surface area contributed by atoms with E-state index in [4.69, 9.17) is 4.74 Å². The van der Waals surface area contributed by atoms with Gasteiger partial charge < -0.3 is 4.74 Å². The maximum absolute atomic E-state index is 13.4. The zero-order chi connectivity index (χ0) is 15.4. The van der Waals surface area contributed by atoms with E-state index >= 15 is 0 Å². The highest BCUT2D eigenvalue weighted by Gasteiger charge is 2.16. The molecule has 0 aliphatic heterocycles. The third-order valence-electron chi connectivity index (χ3n) is 2.96. The second kappa shape index (κ2) is 6.13. The van der Waals surface area contributed by atoms with Crippen molar-refractivity contribution in [2.24, 2.45) is 0 Å². The third kappa shape index (κ3) is 3.42. The fraction of sp³-hybridized carbons (Fsp3) is 0.133. The van der Waals surface area contributed by atoms with Crippen LogP contribution in [0.2, 0.25) is 0 Å². The van der Waals surface area contributed by atoms with Crippen LogP contribution in [0.4, 0.5) is 10.1 Å². The van der Waals surface area contributed by atoms with Crippen LogP contribution in [0.5, 0.6) is 5.75 Å². The number of carbonyl (C=O) groups excluding carboxylic acids is 1. The Morgan fingerprint density at radius 1 is 1.29 bits per heavy atom. The number of nitrogens with zero attached hydrogens (tertiary/aromatic N) is 1. The van der Waals surface area contributed by atoms with E-state index in [0.29, 0.717) is 11.3 Å². The number of para-hydroxylation sites is 1. The summed E-state index contributed by atoms with van der Waals surface area (Å²) in [4.78, 5) is 22.1. The Labute approximate surface area is 120 Å². The van der Waals surface area contributed by atoms with Gasteiger partial charge in [-0.25, -0.2) is 4.39 Å². The molecule has 0 heterocycles. The van der Waals surface area contributed by atoms with Crippen molar-refractivity contribution in [2.45, 2.75) is 6.42 Å². The van der Waals surface area contributed by atoms with E-state index in [2.05, 4.69) is 0 Å². The average Bonchev–Trinajstić information content (AvgIpc) is 2.47. The zero-order valence-corrected chi connectivity index (χ0v) is 11.2. The Bertz CT molecular complexity index is 700. The van der Waals surface area contributed by atoms with E-state index in [1.807, 2.05) is 0 Å². The normalized spacial score (nSPS) is 10.2. The Hall–Kier alpha value is -2.76. The molecule has 0 amide bonds. The van der Waals surface area contributed by atoms with Gasteiger partial charge in [0.05, 0.1) is 18.1 Å². The second-order valence-corrected chi connectivity index (χ2v) is 4.37. The van der Waals surface area contributed by atoms with Crippen molar-refractivity contribution in [3.05, 3.63) is 69.5 Å². The highest BCUT2D eigenvalue weighted by atomic mass is 19.1. The average molecular weight is 289 g/mol. The molecule has 2 aromatic rings. The molecule has 6 heteroatoms. The zero-order valence-electron chi connectivity index (χ0n) is 11.2.